The molecule has 2 aliphatic carbocycles. The third-order valence-corrected chi connectivity index (χ3v) is 26.5. The Bertz CT molecular complexity index is 2560. The van der Waals surface area contributed by atoms with Crippen LogP contribution in [0.5, 0.6) is 0 Å². The summed E-state index contributed by atoms with van der Waals surface area (Å²) < 4.78 is 20.6. The highest BCUT2D eigenvalue weighted by Crippen LogP contribution is 2.62. The first-order valence-corrected chi connectivity index (χ1v) is 47.8. The van der Waals surface area contributed by atoms with E-state index < -0.39 is 0 Å². The summed E-state index contributed by atoms with van der Waals surface area (Å²) in [5.41, 5.74) is 16.7. The lowest BCUT2D eigenvalue weighted by molar-refractivity contribution is 0.393. The smallest absolute Gasteiger partial charge is 0.112 e. The summed E-state index contributed by atoms with van der Waals surface area (Å²) in [6.45, 7) is 9.32. The molecule has 7 rings (SSSR count). The zero-order valence-electron chi connectivity index (χ0n) is 68.0. The second kappa shape index (κ2) is 55.7. The summed E-state index contributed by atoms with van der Waals surface area (Å²) in [5, 5.41) is 0. The lowest BCUT2D eigenvalue weighted by Gasteiger charge is -2.35. The SMILES string of the molecule is CCCCCCCCCCCCCCCCCCCC1(CCCCCCCCCCCCCCCCCCC)c2cc3c(cc2-c2c1ccc1nsnc21)C(CCCCCCCCCCCCCCCCCCC)(CCCCCCCCCCCCCCCCCCC)c1ccc2nsnc2c1-3. The third-order valence-electron chi connectivity index (χ3n) is 25.4. The van der Waals surface area contributed by atoms with Crippen molar-refractivity contribution in [3.8, 4) is 22.3 Å². The minimum atomic E-state index is -0.0384. The molecule has 0 N–H and O–H groups in total. The van der Waals surface area contributed by atoms with Crippen LogP contribution in [0.1, 0.15) is 512 Å². The van der Waals surface area contributed by atoms with Crippen molar-refractivity contribution < 1.29 is 0 Å². The maximum Gasteiger partial charge on any atom is 0.112 e. The first-order valence-electron chi connectivity index (χ1n) is 46.3. The molecule has 2 aromatic heterocycles. The van der Waals surface area contributed by atoms with E-state index in [9.17, 15) is 0 Å². The Kier molecular flexibility index (Phi) is 47.2. The summed E-state index contributed by atoms with van der Waals surface area (Å²) in [6, 6.07) is 15.6. The van der Waals surface area contributed by atoms with Crippen molar-refractivity contribution in [1.82, 2.24) is 17.5 Å². The van der Waals surface area contributed by atoms with E-state index in [4.69, 9.17) is 17.5 Å². The largest absolute Gasteiger partial charge is 0.173 e. The number of unbranched alkanes of at least 4 members (excludes halogenated alkanes) is 64. The Balaban J connectivity index is 1.05. The van der Waals surface area contributed by atoms with Crippen molar-refractivity contribution in [2.45, 2.75) is 501 Å². The van der Waals surface area contributed by atoms with E-state index in [2.05, 4.69) is 64.1 Å². The average Bonchev–Trinajstić information content (AvgIpc) is 1.52. The van der Waals surface area contributed by atoms with Crippen molar-refractivity contribution in [3.63, 3.8) is 0 Å². The van der Waals surface area contributed by atoms with Crippen LogP contribution in [-0.4, -0.2) is 17.5 Å². The van der Waals surface area contributed by atoms with E-state index in [1.54, 1.807) is 22.3 Å². The molecule has 0 atom stereocenters. The minimum absolute atomic E-state index is 0.0384. The van der Waals surface area contributed by atoms with Gasteiger partial charge in [0.25, 0.3) is 0 Å². The summed E-state index contributed by atoms with van der Waals surface area (Å²) in [6.07, 6.45) is 101. The van der Waals surface area contributed by atoms with Gasteiger partial charge in [-0.2, -0.15) is 17.5 Å². The number of fused-ring (bicyclic) bond motifs is 10. The molecular weight excluding hydrogens is 1270 g/mol. The second-order valence-corrected chi connectivity index (χ2v) is 35.0. The van der Waals surface area contributed by atoms with Crippen molar-refractivity contribution in [2.24, 2.45) is 0 Å². The van der Waals surface area contributed by atoms with Crippen LogP contribution in [0.2, 0.25) is 0 Å². The highest BCUT2D eigenvalue weighted by molar-refractivity contribution is 7.00. The Morgan fingerprint density at radius 3 is 0.569 bits per heavy atom. The van der Waals surface area contributed by atoms with Crippen LogP contribution in [0.4, 0.5) is 0 Å². The van der Waals surface area contributed by atoms with Crippen LogP contribution < -0.4 is 0 Å². The number of aromatic nitrogens is 4. The summed E-state index contributed by atoms with van der Waals surface area (Å²) in [5.74, 6) is 0. The van der Waals surface area contributed by atoms with Gasteiger partial charge in [-0.15, -0.1) is 0 Å². The molecule has 0 spiro atoms. The number of rotatable bonds is 72. The molecule has 0 saturated carbocycles. The lowest BCUT2D eigenvalue weighted by Crippen LogP contribution is -2.27. The number of hydrogen-bond donors (Lipinski definition) is 0. The summed E-state index contributed by atoms with van der Waals surface area (Å²) in [7, 11) is 0. The fourth-order valence-electron chi connectivity index (χ4n) is 19.1. The molecule has 3 aromatic carbocycles. The third kappa shape index (κ3) is 30.8. The standard InChI is InChI=1S/C96H162N4S2/c1-5-9-13-17-21-25-29-33-37-41-45-49-53-57-61-65-69-77-95(78-70-66-62-58-54-50-46-42-38-34-30-26-22-18-14-10-6-2)85-73-75-89-93(99-101-97-89)91(85)83-82-88-84(81-87(83)95)92-86(74-76-90-94(92)100-102-98-90)96(88,79-71-67-63-59-55-51-47-43-39-35-31-27-23-19-15-11-7-3)80-72-68-64-60-56-52-48-44-40-36-32-28-24-20-16-12-8-4/h73-76,81-82H,5-72,77-80H2,1-4H3. The summed E-state index contributed by atoms with van der Waals surface area (Å²) >= 11 is 2.87. The molecule has 578 valence electrons. The zero-order valence-corrected chi connectivity index (χ0v) is 69.6. The number of hydrogen-bond acceptors (Lipinski definition) is 6. The lowest BCUT2D eigenvalue weighted by atomic mass is 9.68. The molecule has 0 aliphatic heterocycles. The van der Waals surface area contributed by atoms with Gasteiger partial charge in [-0.05, 0) is 83.3 Å². The normalized spacial score (nSPS) is 13.5. The van der Waals surface area contributed by atoms with E-state index in [1.807, 2.05) is 0 Å². The molecule has 0 amide bonds. The first-order chi connectivity index (χ1) is 50.6. The molecule has 0 radical (unpaired) electrons. The van der Waals surface area contributed by atoms with Gasteiger partial charge in [0.2, 0.25) is 0 Å². The van der Waals surface area contributed by atoms with Crippen molar-refractivity contribution in [3.05, 3.63) is 58.7 Å². The van der Waals surface area contributed by atoms with Gasteiger partial charge in [0.1, 0.15) is 22.1 Å². The predicted molar refractivity (Wildman–Crippen MR) is 456 cm³/mol. The van der Waals surface area contributed by atoms with Gasteiger partial charge >= 0.3 is 0 Å². The maximum atomic E-state index is 5.29. The quantitative estimate of drug-likeness (QED) is 0.0364. The Morgan fingerprint density at radius 1 is 0.206 bits per heavy atom. The van der Waals surface area contributed by atoms with Gasteiger partial charge in [0, 0.05) is 22.0 Å². The van der Waals surface area contributed by atoms with E-state index in [0.29, 0.717) is 0 Å². The van der Waals surface area contributed by atoms with Gasteiger partial charge in [-0.25, -0.2) is 0 Å². The molecule has 2 aliphatic rings. The molecule has 2 heterocycles. The molecule has 0 fully saturated rings. The van der Waals surface area contributed by atoms with Crippen LogP contribution in [0.25, 0.3) is 44.3 Å². The van der Waals surface area contributed by atoms with E-state index in [1.165, 1.54) is 519 Å². The van der Waals surface area contributed by atoms with Crippen molar-refractivity contribution >= 4 is 45.5 Å². The van der Waals surface area contributed by atoms with E-state index in [0.717, 1.165) is 11.0 Å². The first kappa shape index (κ1) is 86.5. The molecule has 0 bridgehead atoms. The number of benzene rings is 3. The predicted octanol–water partition coefficient (Wildman–Crippen LogP) is 34.4. The minimum Gasteiger partial charge on any atom is -0.173 e. The molecule has 5 aromatic rings. The fraction of sp³-hybridized carbons (Fsp3) is 0.812. The van der Waals surface area contributed by atoms with Gasteiger partial charge in [-0.1, -0.05) is 476 Å². The Morgan fingerprint density at radius 2 is 0.382 bits per heavy atom. The topological polar surface area (TPSA) is 51.6 Å². The van der Waals surface area contributed by atoms with Crippen LogP contribution >= 0.6 is 23.5 Å². The molecule has 0 saturated heterocycles. The molecule has 0 unspecified atom stereocenters. The summed E-state index contributed by atoms with van der Waals surface area (Å²) in [4.78, 5) is 0. The van der Waals surface area contributed by atoms with E-state index in [-0.39, 0.29) is 10.8 Å². The van der Waals surface area contributed by atoms with Crippen LogP contribution in [0.3, 0.4) is 0 Å². The Labute approximate surface area is 640 Å². The second-order valence-electron chi connectivity index (χ2n) is 34.0. The van der Waals surface area contributed by atoms with Crippen LogP contribution in [-0.2, 0) is 10.8 Å². The van der Waals surface area contributed by atoms with Crippen LogP contribution in [0, 0.1) is 0 Å². The average molecular weight is 1440 g/mol. The van der Waals surface area contributed by atoms with Gasteiger partial charge < -0.3 is 0 Å². The molecule has 4 nitrogen and oxygen atoms in total. The molecule has 102 heavy (non-hydrogen) atoms. The molecule has 6 heteroatoms. The van der Waals surface area contributed by atoms with Gasteiger partial charge in [-0.3, -0.25) is 0 Å². The zero-order chi connectivity index (χ0) is 71.3. The Hall–Kier alpha value is -2.70. The van der Waals surface area contributed by atoms with E-state index >= 15 is 0 Å². The maximum absolute atomic E-state index is 5.29. The monoisotopic (exact) mass is 1440 g/mol. The van der Waals surface area contributed by atoms with Crippen LogP contribution in [0.15, 0.2) is 36.4 Å². The van der Waals surface area contributed by atoms with Gasteiger partial charge in [0.15, 0.2) is 0 Å². The highest BCUT2D eigenvalue weighted by Gasteiger charge is 2.49. The number of nitrogens with zero attached hydrogens (tertiary/aromatic N) is 4. The van der Waals surface area contributed by atoms with Crippen molar-refractivity contribution in [1.29, 1.82) is 0 Å². The fourth-order valence-corrected chi connectivity index (χ4v) is 20.2. The molecular formula is C96H162N4S2. The van der Waals surface area contributed by atoms with Crippen molar-refractivity contribution in [2.75, 3.05) is 0 Å². The van der Waals surface area contributed by atoms with Gasteiger partial charge in [0.05, 0.1) is 23.5 Å². The highest BCUT2D eigenvalue weighted by atomic mass is 32.1.